The second kappa shape index (κ2) is 7.16. The van der Waals surface area contributed by atoms with Gasteiger partial charge >= 0.3 is 0 Å². The Morgan fingerprint density at radius 2 is 1.23 bits per heavy atom. The molecule has 10 rings (SSSR count). The van der Waals surface area contributed by atoms with Gasteiger partial charge in [0.15, 0.2) is 5.58 Å². The van der Waals surface area contributed by atoms with E-state index in [2.05, 4.69) is 120 Å². The topological polar surface area (TPSA) is 30.4 Å². The zero-order valence-electron chi connectivity index (χ0n) is 21.3. The molecule has 0 N–H and O–H groups in total. The van der Waals surface area contributed by atoms with Crippen molar-refractivity contribution in [3.05, 3.63) is 121 Å². The van der Waals surface area contributed by atoms with Crippen LogP contribution in [0.5, 0.6) is 0 Å². The van der Waals surface area contributed by atoms with Crippen molar-refractivity contribution in [3.8, 4) is 11.1 Å². The zero-order valence-corrected chi connectivity index (χ0v) is 21.3. The van der Waals surface area contributed by atoms with Gasteiger partial charge in [0, 0.05) is 37.7 Å². The number of furan rings is 1. The summed E-state index contributed by atoms with van der Waals surface area (Å²) >= 11 is 0. The lowest BCUT2D eigenvalue weighted by Crippen LogP contribution is -1.86. The van der Waals surface area contributed by atoms with Gasteiger partial charge in [0.25, 0.3) is 0 Å². The van der Waals surface area contributed by atoms with E-state index in [1.54, 1.807) is 0 Å². The summed E-state index contributed by atoms with van der Waals surface area (Å²) in [5.41, 5.74) is 8.49. The van der Waals surface area contributed by atoms with Gasteiger partial charge in [-0.1, -0.05) is 78.9 Å². The maximum absolute atomic E-state index is 6.58. The van der Waals surface area contributed by atoms with Crippen molar-refractivity contribution < 1.29 is 4.42 Å². The van der Waals surface area contributed by atoms with Crippen molar-refractivity contribution in [3.63, 3.8) is 0 Å². The third-order valence-electron chi connectivity index (χ3n) is 8.66. The molecule has 3 heteroatoms. The summed E-state index contributed by atoms with van der Waals surface area (Å²) in [6.45, 7) is 0. The van der Waals surface area contributed by atoms with Crippen LogP contribution in [-0.2, 0) is 0 Å². The minimum atomic E-state index is 0.907. The molecule has 0 bridgehead atoms. The molecule has 0 aliphatic heterocycles. The number of nitrogens with zero attached hydrogens (tertiary/aromatic N) is 2. The quantitative estimate of drug-likeness (QED) is 0.221. The molecule has 0 unspecified atom stereocenters. The first-order chi connectivity index (χ1) is 19.8. The Balaban J connectivity index is 1.43. The predicted octanol–water partition coefficient (Wildman–Crippen LogP) is 10.1. The fraction of sp³-hybridized carbons (Fsp3) is 0. The Bertz CT molecular complexity index is 2660. The van der Waals surface area contributed by atoms with Crippen LogP contribution in [0.15, 0.2) is 126 Å². The number of hydrogen-bond donors (Lipinski definition) is 0. The van der Waals surface area contributed by atoms with Crippen LogP contribution in [0.1, 0.15) is 0 Å². The van der Waals surface area contributed by atoms with E-state index in [9.17, 15) is 0 Å². The lowest BCUT2D eigenvalue weighted by molar-refractivity contribution is 0.671. The van der Waals surface area contributed by atoms with Crippen molar-refractivity contribution in [1.29, 1.82) is 0 Å². The number of para-hydroxylation sites is 2. The number of pyridine rings is 1. The van der Waals surface area contributed by atoms with Crippen molar-refractivity contribution in [2.75, 3.05) is 0 Å². The van der Waals surface area contributed by atoms with Gasteiger partial charge in [-0.15, -0.1) is 0 Å². The first kappa shape index (κ1) is 20.5. The van der Waals surface area contributed by atoms with Gasteiger partial charge in [-0.3, -0.25) is 4.40 Å². The number of hydrogen-bond acceptors (Lipinski definition) is 2. The van der Waals surface area contributed by atoms with Crippen molar-refractivity contribution in [2.24, 2.45) is 0 Å². The highest BCUT2D eigenvalue weighted by molar-refractivity contribution is 6.29. The number of rotatable bonds is 1. The molecular weight excluding hydrogens is 488 g/mol. The molecule has 0 aliphatic carbocycles. The highest BCUT2D eigenvalue weighted by atomic mass is 16.3. The summed E-state index contributed by atoms with van der Waals surface area (Å²) < 4.78 is 8.92. The molecule has 0 saturated heterocycles. The highest BCUT2D eigenvalue weighted by Crippen LogP contribution is 2.45. The smallest absolute Gasteiger partial charge is 0.160 e. The maximum atomic E-state index is 6.58. The third-order valence-corrected chi connectivity index (χ3v) is 8.66. The Hall–Kier alpha value is -5.41. The summed E-state index contributed by atoms with van der Waals surface area (Å²) in [6, 6.07) is 43.5. The van der Waals surface area contributed by atoms with E-state index < -0.39 is 0 Å². The van der Waals surface area contributed by atoms with Crippen molar-refractivity contribution in [2.45, 2.75) is 0 Å². The van der Waals surface area contributed by atoms with E-state index in [1.807, 2.05) is 6.07 Å². The van der Waals surface area contributed by atoms with Crippen molar-refractivity contribution in [1.82, 2.24) is 9.38 Å². The van der Waals surface area contributed by atoms with E-state index in [-0.39, 0.29) is 0 Å². The molecule has 0 saturated carbocycles. The lowest BCUT2D eigenvalue weighted by Gasteiger charge is -2.06. The summed E-state index contributed by atoms with van der Waals surface area (Å²) in [4.78, 5) is 5.24. The summed E-state index contributed by atoms with van der Waals surface area (Å²) in [5, 5.41) is 10.7. The third kappa shape index (κ3) is 2.52. The SMILES string of the molecule is c1ccc2cc(-c3cc4c5cc6ccccc6nc5n5c4c(c3)c3ccc4c6ccccc6oc4c35)ccc2c1. The van der Waals surface area contributed by atoms with Gasteiger partial charge in [-0.25, -0.2) is 4.98 Å². The van der Waals surface area contributed by atoms with Crippen LogP contribution < -0.4 is 0 Å². The van der Waals surface area contributed by atoms with Gasteiger partial charge in [0.1, 0.15) is 11.2 Å². The number of benzene rings is 6. The Morgan fingerprint density at radius 3 is 2.15 bits per heavy atom. The summed E-state index contributed by atoms with van der Waals surface area (Å²) in [6.07, 6.45) is 0. The van der Waals surface area contributed by atoms with E-state index in [0.29, 0.717) is 0 Å². The molecule has 6 aromatic carbocycles. The van der Waals surface area contributed by atoms with E-state index >= 15 is 0 Å². The predicted molar refractivity (Wildman–Crippen MR) is 167 cm³/mol. The van der Waals surface area contributed by atoms with Gasteiger partial charge < -0.3 is 4.42 Å². The maximum Gasteiger partial charge on any atom is 0.160 e. The molecule has 4 heterocycles. The van der Waals surface area contributed by atoms with Gasteiger partial charge in [-0.2, -0.15) is 0 Å². The zero-order chi connectivity index (χ0) is 25.9. The molecule has 0 fully saturated rings. The van der Waals surface area contributed by atoms with Crippen LogP contribution in [0, 0.1) is 0 Å². The first-order valence-electron chi connectivity index (χ1n) is 13.6. The first-order valence-corrected chi connectivity index (χ1v) is 13.6. The van der Waals surface area contributed by atoms with Crippen LogP contribution in [0.25, 0.3) is 93.0 Å². The monoisotopic (exact) mass is 508 g/mol. The molecule has 40 heavy (non-hydrogen) atoms. The van der Waals surface area contributed by atoms with Crippen LogP contribution in [0.4, 0.5) is 0 Å². The molecule has 3 nitrogen and oxygen atoms in total. The summed E-state index contributed by atoms with van der Waals surface area (Å²) in [7, 11) is 0. The number of fused-ring (bicyclic) bond motifs is 12. The fourth-order valence-corrected chi connectivity index (χ4v) is 6.83. The van der Waals surface area contributed by atoms with E-state index in [1.165, 1.54) is 43.6 Å². The Labute approximate surface area is 227 Å². The molecule has 0 aliphatic rings. The molecule has 0 spiro atoms. The van der Waals surface area contributed by atoms with Crippen molar-refractivity contribution >= 4 is 81.8 Å². The van der Waals surface area contributed by atoms with Crippen LogP contribution >= 0.6 is 0 Å². The molecule has 4 aromatic heterocycles. The largest absolute Gasteiger partial charge is 0.454 e. The highest BCUT2D eigenvalue weighted by Gasteiger charge is 2.23. The molecular formula is C37H20N2O. The van der Waals surface area contributed by atoms with E-state index in [4.69, 9.17) is 9.40 Å². The van der Waals surface area contributed by atoms with Crippen LogP contribution in [0.3, 0.4) is 0 Å². The van der Waals surface area contributed by atoms with Gasteiger partial charge in [0.05, 0.1) is 16.6 Å². The molecule has 0 radical (unpaired) electrons. The average molecular weight is 509 g/mol. The average Bonchev–Trinajstić information content (AvgIpc) is 3.65. The lowest BCUT2D eigenvalue weighted by atomic mass is 9.97. The summed E-state index contributed by atoms with van der Waals surface area (Å²) in [5.74, 6) is 0. The Kier molecular flexibility index (Phi) is 3.68. The molecule has 0 atom stereocenters. The number of aromatic nitrogens is 2. The standard InChI is InChI=1S/C37H20N2O/c1-2-8-22-17-23(14-13-21(22)7-1)25-19-29-27-15-16-28-26-10-4-6-12-33(26)40-36(28)35(27)39-34(29)30(20-25)31-18-24-9-3-5-11-32(24)38-37(31)39/h1-20H. The van der Waals surface area contributed by atoms with Crippen LogP contribution in [-0.4, -0.2) is 9.38 Å². The molecule has 184 valence electrons. The second-order valence-electron chi connectivity index (χ2n) is 10.8. The fourth-order valence-electron chi connectivity index (χ4n) is 6.83. The van der Waals surface area contributed by atoms with Gasteiger partial charge in [0.2, 0.25) is 0 Å². The minimum Gasteiger partial charge on any atom is -0.454 e. The minimum absolute atomic E-state index is 0.907. The second-order valence-corrected chi connectivity index (χ2v) is 10.8. The molecule has 0 amide bonds. The molecule has 10 aromatic rings. The van der Waals surface area contributed by atoms with Gasteiger partial charge in [-0.05, 0) is 64.4 Å². The van der Waals surface area contributed by atoms with Crippen LogP contribution in [0.2, 0.25) is 0 Å². The normalized spacial score (nSPS) is 12.5. The Morgan fingerprint density at radius 1 is 0.475 bits per heavy atom. The van der Waals surface area contributed by atoms with E-state index in [0.717, 1.165) is 49.4 Å².